The minimum atomic E-state index is -0.437. The first-order valence-electron chi connectivity index (χ1n) is 8.71. The van der Waals surface area contributed by atoms with Crippen molar-refractivity contribution in [2.75, 3.05) is 11.9 Å². The molecule has 6 heteroatoms. The Balaban J connectivity index is 2.08. The number of aryl methyl sites for hydroxylation is 2. The second-order valence-corrected chi connectivity index (χ2v) is 6.10. The van der Waals surface area contributed by atoms with E-state index in [1.807, 2.05) is 39.0 Å². The number of carbonyl (C=O) groups excluding carboxylic acids is 1. The zero-order chi connectivity index (χ0) is 19.8. The van der Waals surface area contributed by atoms with E-state index < -0.39 is 6.03 Å². The third-order valence-electron chi connectivity index (χ3n) is 3.85. The van der Waals surface area contributed by atoms with E-state index in [0.29, 0.717) is 29.9 Å². The molecular weight excluding hydrogens is 342 g/mol. The molecule has 2 rings (SSSR count). The van der Waals surface area contributed by atoms with Gasteiger partial charge in [-0.15, -0.1) is 6.58 Å². The van der Waals surface area contributed by atoms with E-state index in [9.17, 15) is 9.90 Å². The lowest BCUT2D eigenvalue weighted by atomic mass is 10.1. The van der Waals surface area contributed by atoms with Crippen molar-refractivity contribution in [2.24, 2.45) is 5.10 Å². The first-order valence-corrected chi connectivity index (χ1v) is 8.71. The molecule has 0 saturated carbocycles. The maximum Gasteiger partial charge on any atom is 0.339 e. The van der Waals surface area contributed by atoms with E-state index in [0.717, 1.165) is 16.8 Å². The van der Waals surface area contributed by atoms with E-state index in [2.05, 4.69) is 22.4 Å². The number of hydrazone groups is 1. The summed E-state index contributed by atoms with van der Waals surface area (Å²) in [4.78, 5) is 12.0. The highest BCUT2D eigenvalue weighted by molar-refractivity contribution is 5.91. The van der Waals surface area contributed by atoms with Gasteiger partial charge in [-0.25, -0.2) is 10.2 Å². The number of benzene rings is 2. The number of phenols is 1. The lowest BCUT2D eigenvalue weighted by molar-refractivity contribution is 0.252. The van der Waals surface area contributed by atoms with Crippen LogP contribution in [0.1, 0.15) is 29.2 Å². The molecule has 3 N–H and O–H groups in total. The van der Waals surface area contributed by atoms with Crippen LogP contribution in [0.2, 0.25) is 0 Å². The Morgan fingerprint density at radius 3 is 2.74 bits per heavy atom. The number of aromatic hydroxyl groups is 1. The van der Waals surface area contributed by atoms with Gasteiger partial charge in [-0.1, -0.05) is 23.8 Å². The smallest absolute Gasteiger partial charge is 0.339 e. The standard InChI is InChI=1S/C21H25N3O3/c1-5-7-17-11-16(12-19(20(17)25)27-6-2)13-22-24-21(26)23-18-9-8-14(3)10-15(18)4/h5,8-13,25H,1,6-7H2,2-4H3,(H2,23,24,26)/b22-13+. The molecule has 0 saturated heterocycles. The Morgan fingerprint density at radius 1 is 1.30 bits per heavy atom. The number of anilines is 1. The molecule has 0 radical (unpaired) electrons. The van der Waals surface area contributed by atoms with E-state index in [4.69, 9.17) is 4.74 Å². The van der Waals surface area contributed by atoms with Crippen molar-refractivity contribution in [1.29, 1.82) is 0 Å². The van der Waals surface area contributed by atoms with Crippen molar-refractivity contribution in [3.63, 3.8) is 0 Å². The molecule has 27 heavy (non-hydrogen) atoms. The van der Waals surface area contributed by atoms with Gasteiger partial charge < -0.3 is 15.2 Å². The molecule has 0 aliphatic carbocycles. The number of amides is 2. The summed E-state index contributed by atoms with van der Waals surface area (Å²) in [6.45, 7) is 9.88. The molecule has 0 aromatic heterocycles. The zero-order valence-electron chi connectivity index (χ0n) is 15.9. The summed E-state index contributed by atoms with van der Waals surface area (Å²) in [6.07, 6.45) is 3.69. The number of urea groups is 1. The largest absolute Gasteiger partial charge is 0.504 e. The molecule has 0 heterocycles. The summed E-state index contributed by atoms with van der Waals surface area (Å²) in [6, 6.07) is 8.77. The summed E-state index contributed by atoms with van der Waals surface area (Å²) in [5.74, 6) is 0.465. The molecule has 0 bridgehead atoms. The second kappa shape index (κ2) is 9.43. The first kappa shape index (κ1) is 20.0. The second-order valence-electron chi connectivity index (χ2n) is 6.10. The van der Waals surface area contributed by atoms with Gasteiger partial charge in [0.15, 0.2) is 11.5 Å². The summed E-state index contributed by atoms with van der Waals surface area (Å²) < 4.78 is 5.45. The molecule has 0 aliphatic rings. The van der Waals surface area contributed by atoms with Gasteiger partial charge in [0, 0.05) is 11.3 Å². The van der Waals surface area contributed by atoms with Crippen LogP contribution in [0.15, 0.2) is 48.1 Å². The van der Waals surface area contributed by atoms with Crippen LogP contribution in [0.5, 0.6) is 11.5 Å². The van der Waals surface area contributed by atoms with Crippen molar-refractivity contribution in [2.45, 2.75) is 27.2 Å². The molecule has 142 valence electrons. The van der Waals surface area contributed by atoms with Crippen LogP contribution in [-0.4, -0.2) is 24.0 Å². The fourth-order valence-corrected chi connectivity index (χ4v) is 2.61. The maximum atomic E-state index is 12.0. The molecule has 0 aliphatic heterocycles. The number of carbonyl (C=O) groups is 1. The maximum absolute atomic E-state index is 12.0. The molecule has 6 nitrogen and oxygen atoms in total. The third kappa shape index (κ3) is 5.60. The first-order chi connectivity index (χ1) is 12.9. The van der Waals surface area contributed by atoms with Gasteiger partial charge in [0.2, 0.25) is 0 Å². The Labute approximate surface area is 159 Å². The fourth-order valence-electron chi connectivity index (χ4n) is 2.61. The summed E-state index contributed by atoms with van der Waals surface area (Å²) in [5, 5.41) is 16.9. The van der Waals surface area contributed by atoms with Crippen LogP contribution < -0.4 is 15.5 Å². The Hall–Kier alpha value is -3.28. The number of nitrogens with one attached hydrogen (secondary N) is 2. The van der Waals surface area contributed by atoms with Crippen molar-refractivity contribution in [1.82, 2.24) is 5.43 Å². The monoisotopic (exact) mass is 367 g/mol. The van der Waals surface area contributed by atoms with Crippen LogP contribution in [-0.2, 0) is 6.42 Å². The van der Waals surface area contributed by atoms with Gasteiger partial charge >= 0.3 is 6.03 Å². The van der Waals surface area contributed by atoms with Crippen LogP contribution in [0.4, 0.5) is 10.5 Å². The minimum Gasteiger partial charge on any atom is -0.504 e. The molecule has 0 unspecified atom stereocenters. The number of rotatable bonds is 7. The number of allylic oxidation sites excluding steroid dienone is 1. The van der Waals surface area contributed by atoms with Gasteiger partial charge in [-0.3, -0.25) is 0 Å². The predicted molar refractivity (Wildman–Crippen MR) is 109 cm³/mol. The molecule has 0 atom stereocenters. The Kier molecular flexibility index (Phi) is 7.00. The van der Waals surface area contributed by atoms with Crippen molar-refractivity contribution in [3.8, 4) is 11.5 Å². The minimum absolute atomic E-state index is 0.0921. The predicted octanol–water partition coefficient (Wildman–Crippen LogP) is 4.29. The lowest BCUT2D eigenvalue weighted by Crippen LogP contribution is -2.24. The average Bonchev–Trinajstić information content (AvgIpc) is 2.61. The van der Waals surface area contributed by atoms with Crippen molar-refractivity contribution < 1.29 is 14.6 Å². The van der Waals surface area contributed by atoms with E-state index in [1.165, 1.54) is 6.21 Å². The van der Waals surface area contributed by atoms with Crippen molar-refractivity contribution >= 4 is 17.9 Å². The molecule has 2 aromatic carbocycles. The normalized spacial score (nSPS) is 10.6. The van der Waals surface area contributed by atoms with Crippen LogP contribution in [0.3, 0.4) is 0 Å². The van der Waals surface area contributed by atoms with Crippen LogP contribution in [0, 0.1) is 13.8 Å². The highest BCUT2D eigenvalue weighted by Crippen LogP contribution is 2.31. The fraction of sp³-hybridized carbons (Fsp3) is 0.238. The number of nitrogens with zero attached hydrogens (tertiary/aromatic N) is 1. The Morgan fingerprint density at radius 2 is 2.07 bits per heavy atom. The number of hydrogen-bond acceptors (Lipinski definition) is 4. The Bertz CT molecular complexity index is 860. The average molecular weight is 367 g/mol. The van der Waals surface area contributed by atoms with E-state index in [-0.39, 0.29) is 5.75 Å². The highest BCUT2D eigenvalue weighted by Gasteiger charge is 2.10. The van der Waals surface area contributed by atoms with E-state index in [1.54, 1.807) is 18.2 Å². The highest BCUT2D eigenvalue weighted by atomic mass is 16.5. The molecule has 0 spiro atoms. The SMILES string of the molecule is C=CCc1cc(/C=N/NC(=O)Nc2ccc(C)cc2C)cc(OCC)c1O. The quantitative estimate of drug-likeness (QED) is 0.388. The number of ether oxygens (including phenoxy) is 1. The zero-order valence-corrected chi connectivity index (χ0v) is 15.9. The van der Waals surface area contributed by atoms with Gasteiger partial charge in [-0.05, 0) is 56.5 Å². The van der Waals surface area contributed by atoms with Gasteiger partial charge in [-0.2, -0.15) is 5.10 Å². The summed E-state index contributed by atoms with van der Waals surface area (Å²) in [5.41, 5.74) is 6.64. The van der Waals surface area contributed by atoms with Crippen molar-refractivity contribution in [3.05, 3.63) is 65.2 Å². The number of phenolic OH excluding ortho intramolecular Hbond substituents is 1. The number of hydrogen-bond donors (Lipinski definition) is 3. The third-order valence-corrected chi connectivity index (χ3v) is 3.85. The molecule has 0 fully saturated rings. The van der Waals surface area contributed by atoms with Gasteiger partial charge in [0.25, 0.3) is 0 Å². The molecular formula is C21H25N3O3. The summed E-state index contributed by atoms with van der Waals surface area (Å²) in [7, 11) is 0. The van der Waals surface area contributed by atoms with Gasteiger partial charge in [0.05, 0.1) is 12.8 Å². The molecule has 2 amide bonds. The van der Waals surface area contributed by atoms with Crippen LogP contribution >= 0.6 is 0 Å². The topological polar surface area (TPSA) is 83.0 Å². The van der Waals surface area contributed by atoms with Gasteiger partial charge in [0.1, 0.15) is 0 Å². The summed E-state index contributed by atoms with van der Waals surface area (Å²) >= 11 is 0. The van der Waals surface area contributed by atoms with E-state index >= 15 is 0 Å². The van der Waals surface area contributed by atoms with Crippen LogP contribution in [0.25, 0.3) is 0 Å². The lowest BCUT2D eigenvalue weighted by Gasteiger charge is -2.11. The molecule has 2 aromatic rings.